The van der Waals surface area contributed by atoms with Crippen molar-refractivity contribution in [1.82, 2.24) is 0 Å². The Morgan fingerprint density at radius 2 is 2.00 bits per heavy atom. The molecule has 1 aromatic rings. The molecule has 1 N–H and O–H groups in total. The van der Waals surface area contributed by atoms with Crippen molar-refractivity contribution in [3.63, 3.8) is 0 Å². The summed E-state index contributed by atoms with van der Waals surface area (Å²) in [5.41, 5.74) is -2.10. The smallest absolute Gasteiger partial charge is 0.283 e. The topological polar surface area (TPSA) is 70.0 Å². The van der Waals surface area contributed by atoms with Crippen LogP contribution in [0.15, 0.2) is 18.2 Å². The maximum absolute atomic E-state index is 12.6. The number of sulfonamides is 1. The van der Waals surface area contributed by atoms with Crippen LogP contribution >= 0.6 is 11.6 Å². The van der Waals surface area contributed by atoms with Gasteiger partial charge in [-0.25, -0.2) is 8.42 Å². The SMILES string of the molecule is N#Cc1ccc(NS(=O)(=O)CCl)cc1C(F)(F)F. The third-order valence-corrected chi connectivity index (χ3v) is 3.56. The number of benzene rings is 1. The number of rotatable bonds is 3. The van der Waals surface area contributed by atoms with Crippen LogP contribution in [0.1, 0.15) is 11.1 Å². The molecular weight excluding hydrogens is 293 g/mol. The van der Waals surface area contributed by atoms with E-state index in [2.05, 4.69) is 0 Å². The average molecular weight is 299 g/mol. The van der Waals surface area contributed by atoms with E-state index in [4.69, 9.17) is 16.9 Å². The first-order valence-corrected chi connectivity index (χ1v) is 6.56. The molecule has 0 fully saturated rings. The van der Waals surface area contributed by atoms with Gasteiger partial charge in [-0.05, 0) is 18.2 Å². The third kappa shape index (κ3) is 3.51. The first-order chi connectivity index (χ1) is 8.19. The van der Waals surface area contributed by atoms with Crippen molar-refractivity contribution in [1.29, 1.82) is 5.26 Å². The van der Waals surface area contributed by atoms with Crippen molar-refractivity contribution in [3.05, 3.63) is 29.3 Å². The normalized spacial score (nSPS) is 11.9. The molecule has 0 aliphatic heterocycles. The van der Waals surface area contributed by atoms with Crippen molar-refractivity contribution in [2.75, 3.05) is 9.93 Å². The quantitative estimate of drug-likeness (QED) is 0.872. The van der Waals surface area contributed by atoms with Crippen molar-refractivity contribution in [3.8, 4) is 6.07 Å². The Morgan fingerprint density at radius 1 is 1.39 bits per heavy atom. The lowest BCUT2D eigenvalue weighted by Gasteiger charge is -2.11. The van der Waals surface area contributed by atoms with Gasteiger partial charge in [-0.3, -0.25) is 4.72 Å². The van der Waals surface area contributed by atoms with Crippen LogP contribution in [0.25, 0.3) is 0 Å². The Kier molecular flexibility index (Phi) is 4.09. The summed E-state index contributed by atoms with van der Waals surface area (Å²) in [5, 5.41) is 7.76. The number of alkyl halides is 4. The van der Waals surface area contributed by atoms with Crippen LogP contribution in [0.4, 0.5) is 18.9 Å². The highest BCUT2D eigenvalue weighted by atomic mass is 35.5. The number of nitrogens with one attached hydrogen (secondary N) is 1. The molecule has 0 radical (unpaired) electrons. The molecule has 0 atom stereocenters. The summed E-state index contributed by atoms with van der Waals surface area (Å²) in [4.78, 5) is 0. The van der Waals surface area contributed by atoms with Crippen molar-refractivity contribution >= 4 is 27.3 Å². The highest BCUT2D eigenvalue weighted by Crippen LogP contribution is 2.33. The summed E-state index contributed by atoms with van der Waals surface area (Å²) < 4.78 is 61.8. The molecule has 0 aromatic heterocycles. The number of anilines is 1. The average Bonchev–Trinajstić information content (AvgIpc) is 2.27. The maximum atomic E-state index is 12.6. The van der Waals surface area contributed by atoms with E-state index in [0.29, 0.717) is 6.07 Å². The van der Waals surface area contributed by atoms with Gasteiger partial charge in [0.2, 0.25) is 10.0 Å². The third-order valence-electron chi connectivity index (χ3n) is 1.86. The van der Waals surface area contributed by atoms with Gasteiger partial charge < -0.3 is 0 Å². The van der Waals surface area contributed by atoms with Crippen molar-refractivity contribution in [2.45, 2.75) is 6.18 Å². The molecule has 0 bridgehead atoms. The minimum Gasteiger partial charge on any atom is -0.283 e. The lowest BCUT2D eigenvalue weighted by molar-refractivity contribution is -0.137. The van der Waals surface area contributed by atoms with Gasteiger partial charge in [-0.15, -0.1) is 11.6 Å². The minimum atomic E-state index is -4.74. The monoisotopic (exact) mass is 298 g/mol. The molecule has 0 saturated carbocycles. The molecule has 0 heterocycles. The van der Waals surface area contributed by atoms with Crippen LogP contribution in [-0.4, -0.2) is 13.6 Å². The largest absolute Gasteiger partial charge is 0.417 e. The van der Waals surface area contributed by atoms with Gasteiger partial charge in [0, 0.05) is 5.69 Å². The summed E-state index contributed by atoms with van der Waals surface area (Å²) >= 11 is 5.11. The molecule has 1 rings (SSSR count). The molecule has 4 nitrogen and oxygen atoms in total. The molecule has 0 saturated heterocycles. The first kappa shape index (κ1) is 14.6. The van der Waals surface area contributed by atoms with E-state index in [-0.39, 0.29) is 5.69 Å². The fourth-order valence-corrected chi connectivity index (χ4v) is 1.85. The summed E-state index contributed by atoms with van der Waals surface area (Å²) in [6, 6.07) is 3.86. The van der Waals surface area contributed by atoms with E-state index >= 15 is 0 Å². The molecular formula is C9H6ClF3N2O2S. The zero-order valence-electron chi connectivity index (χ0n) is 8.62. The molecule has 0 aliphatic rings. The predicted octanol–water partition coefficient (Wildman–Crippen LogP) is 2.52. The van der Waals surface area contributed by atoms with E-state index in [1.54, 1.807) is 0 Å². The van der Waals surface area contributed by atoms with Gasteiger partial charge in [0.25, 0.3) is 0 Å². The Balaban J connectivity index is 3.25. The number of nitriles is 1. The van der Waals surface area contributed by atoms with Gasteiger partial charge >= 0.3 is 6.18 Å². The van der Waals surface area contributed by atoms with E-state index in [9.17, 15) is 21.6 Å². The summed E-state index contributed by atoms with van der Waals surface area (Å²) in [5.74, 6) is 0. The molecule has 18 heavy (non-hydrogen) atoms. The Labute approximate surface area is 106 Å². The zero-order valence-corrected chi connectivity index (χ0v) is 10.2. The van der Waals surface area contributed by atoms with E-state index < -0.39 is 32.5 Å². The van der Waals surface area contributed by atoms with Crippen molar-refractivity contribution < 1.29 is 21.6 Å². The fraction of sp³-hybridized carbons (Fsp3) is 0.222. The van der Waals surface area contributed by atoms with E-state index in [1.807, 2.05) is 4.72 Å². The van der Waals surface area contributed by atoms with Gasteiger partial charge in [0.1, 0.15) is 5.21 Å². The van der Waals surface area contributed by atoms with E-state index in [0.717, 1.165) is 12.1 Å². The Hall–Kier alpha value is -1.46. The lowest BCUT2D eigenvalue weighted by atomic mass is 10.1. The zero-order chi connectivity index (χ0) is 14.0. The molecule has 0 spiro atoms. The number of hydrogen-bond acceptors (Lipinski definition) is 3. The predicted molar refractivity (Wildman–Crippen MR) is 59.4 cm³/mol. The van der Waals surface area contributed by atoms with Crippen LogP contribution in [0.3, 0.4) is 0 Å². The summed E-state index contributed by atoms with van der Waals surface area (Å²) in [6.07, 6.45) is -4.74. The fourth-order valence-electron chi connectivity index (χ4n) is 1.15. The molecule has 1 aromatic carbocycles. The van der Waals surface area contributed by atoms with Crippen LogP contribution in [-0.2, 0) is 16.2 Å². The van der Waals surface area contributed by atoms with Crippen LogP contribution in [0.2, 0.25) is 0 Å². The second-order valence-corrected chi connectivity index (χ2v) is 5.50. The van der Waals surface area contributed by atoms with Gasteiger partial charge in [-0.2, -0.15) is 18.4 Å². The molecule has 9 heteroatoms. The van der Waals surface area contributed by atoms with Crippen LogP contribution < -0.4 is 4.72 Å². The number of hydrogen-bond donors (Lipinski definition) is 1. The second kappa shape index (κ2) is 5.04. The standard InChI is InChI=1S/C9H6ClF3N2O2S/c10-5-18(16,17)15-7-2-1-6(4-14)8(3-7)9(11,12)13/h1-3,15H,5H2. The Morgan fingerprint density at radius 3 is 2.44 bits per heavy atom. The van der Waals surface area contributed by atoms with Crippen molar-refractivity contribution in [2.24, 2.45) is 0 Å². The summed E-state index contributed by atoms with van der Waals surface area (Å²) in [7, 11) is -3.89. The van der Waals surface area contributed by atoms with E-state index in [1.165, 1.54) is 6.07 Å². The van der Waals surface area contributed by atoms with Gasteiger partial charge in [-0.1, -0.05) is 0 Å². The molecule has 98 valence electrons. The first-order valence-electron chi connectivity index (χ1n) is 4.37. The molecule has 0 amide bonds. The van der Waals surface area contributed by atoms with Gasteiger partial charge in [0.15, 0.2) is 0 Å². The number of nitrogens with zero attached hydrogens (tertiary/aromatic N) is 1. The summed E-state index contributed by atoms with van der Waals surface area (Å²) in [6.45, 7) is 0. The second-order valence-electron chi connectivity index (χ2n) is 3.20. The molecule has 0 aliphatic carbocycles. The highest BCUT2D eigenvalue weighted by Gasteiger charge is 2.34. The minimum absolute atomic E-state index is 0.304. The Bertz CT molecular complexity index is 593. The molecule has 0 unspecified atom stereocenters. The number of halogens is 4. The van der Waals surface area contributed by atoms with Gasteiger partial charge in [0.05, 0.1) is 17.2 Å². The van der Waals surface area contributed by atoms with Crippen LogP contribution in [0, 0.1) is 11.3 Å². The maximum Gasteiger partial charge on any atom is 0.417 e. The lowest BCUT2D eigenvalue weighted by Crippen LogP contribution is -2.15. The highest BCUT2D eigenvalue weighted by molar-refractivity contribution is 7.93. The van der Waals surface area contributed by atoms with Crippen LogP contribution in [0.5, 0.6) is 0 Å².